The topological polar surface area (TPSA) is 69.6 Å². The van der Waals surface area contributed by atoms with Crippen molar-refractivity contribution in [2.75, 3.05) is 6.54 Å². The molecule has 1 aromatic carbocycles. The number of aromatic nitrogens is 4. The van der Waals surface area contributed by atoms with Gasteiger partial charge in [0.1, 0.15) is 0 Å². The SMILES string of the molecule is Cn1nnc(CC(CN)Cc2cccc(Cl)c2)n1. The number of rotatable bonds is 5. The van der Waals surface area contributed by atoms with Gasteiger partial charge in [-0.1, -0.05) is 23.7 Å². The summed E-state index contributed by atoms with van der Waals surface area (Å²) in [4.78, 5) is 1.46. The molecule has 2 N–H and O–H groups in total. The normalized spacial score (nSPS) is 12.6. The molecule has 1 atom stereocenters. The number of nitrogens with two attached hydrogens (primary N) is 1. The summed E-state index contributed by atoms with van der Waals surface area (Å²) in [6.45, 7) is 0.588. The van der Waals surface area contributed by atoms with Crippen LogP contribution in [0.2, 0.25) is 5.02 Å². The minimum absolute atomic E-state index is 0.299. The Labute approximate surface area is 111 Å². The molecule has 0 bridgehead atoms. The summed E-state index contributed by atoms with van der Waals surface area (Å²) in [6, 6.07) is 7.84. The van der Waals surface area contributed by atoms with Gasteiger partial charge in [-0.2, -0.15) is 4.80 Å². The van der Waals surface area contributed by atoms with Crippen molar-refractivity contribution in [3.63, 3.8) is 0 Å². The summed E-state index contributed by atoms with van der Waals surface area (Å²) in [5, 5.41) is 12.7. The lowest BCUT2D eigenvalue weighted by atomic mass is 9.96. The molecule has 0 saturated heterocycles. The van der Waals surface area contributed by atoms with Crippen molar-refractivity contribution in [2.24, 2.45) is 18.7 Å². The predicted molar refractivity (Wildman–Crippen MR) is 70.2 cm³/mol. The van der Waals surface area contributed by atoms with Crippen LogP contribution in [0.25, 0.3) is 0 Å². The zero-order valence-corrected chi connectivity index (χ0v) is 11.0. The largest absolute Gasteiger partial charge is 0.330 e. The van der Waals surface area contributed by atoms with E-state index in [0.29, 0.717) is 12.5 Å². The van der Waals surface area contributed by atoms with Crippen molar-refractivity contribution < 1.29 is 0 Å². The summed E-state index contributed by atoms with van der Waals surface area (Å²) in [6.07, 6.45) is 1.60. The highest BCUT2D eigenvalue weighted by atomic mass is 35.5. The molecule has 0 amide bonds. The minimum atomic E-state index is 0.299. The average Bonchev–Trinajstić information content (AvgIpc) is 2.74. The van der Waals surface area contributed by atoms with Gasteiger partial charge in [0, 0.05) is 11.4 Å². The third kappa shape index (κ3) is 3.51. The molecule has 96 valence electrons. The van der Waals surface area contributed by atoms with Gasteiger partial charge in [0.05, 0.1) is 7.05 Å². The van der Waals surface area contributed by atoms with Gasteiger partial charge in [0.2, 0.25) is 0 Å². The molecular weight excluding hydrogens is 250 g/mol. The van der Waals surface area contributed by atoms with Gasteiger partial charge in [-0.3, -0.25) is 0 Å². The molecule has 2 rings (SSSR count). The van der Waals surface area contributed by atoms with E-state index in [0.717, 1.165) is 23.7 Å². The Balaban J connectivity index is 2.01. The van der Waals surface area contributed by atoms with Crippen LogP contribution in [-0.4, -0.2) is 26.8 Å². The van der Waals surface area contributed by atoms with Crippen molar-refractivity contribution in [3.8, 4) is 0 Å². The molecule has 0 spiro atoms. The highest BCUT2D eigenvalue weighted by Gasteiger charge is 2.12. The van der Waals surface area contributed by atoms with Gasteiger partial charge >= 0.3 is 0 Å². The highest BCUT2D eigenvalue weighted by Crippen LogP contribution is 2.15. The number of tetrazole rings is 1. The van der Waals surface area contributed by atoms with Crippen molar-refractivity contribution in [2.45, 2.75) is 12.8 Å². The van der Waals surface area contributed by atoms with E-state index in [1.807, 2.05) is 18.2 Å². The second-order valence-electron chi connectivity index (χ2n) is 4.34. The zero-order chi connectivity index (χ0) is 13.0. The van der Waals surface area contributed by atoms with Crippen LogP contribution in [0.3, 0.4) is 0 Å². The summed E-state index contributed by atoms with van der Waals surface area (Å²) in [5.74, 6) is 1.03. The molecule has 5 nitrogen and oxygen atoms in total. The van der Waals surface area contributed by atoms with Gasteiger partial charge < -0.3 is 5.73 Å². The molecule has 2 aromatic rings. The third-order valence-corrected chi connectivity index (χ3v) is 3.00. The molecule has 1 heterocycles. The maximum atomic E-state index is 5.97. The summed E-state index contributed by atoms with van der Waals surface area (Å²) in [5.41, 5.74) is 6.98. The van der Waals surface area contributed by atoms with E-state index in [9.17, 15) is 0 Å². The second kappa shape index (κ2) is 5.93. The van der Waals surface area contributed by atoms with E-state index in [-0.39, 0.29) is 0 Å². The monoisotopic (exact) mass is 265 g/mol. The van der Waals surface area contributed by atoms with E-state index in [1.54, 1.807) is 7.05 Å². The van der Waals surface area contributed by atoms with E-state index in [4.69, 9.17) is 17.3 Å². The Morgan fingerprint density at radius 3 is 2.83 bits per heavy atom. The molecule has 1 unspecified atom stereocenters. The first-order valence-corrected chi connectivity index (χ1v) is 6.22. The smallest absolute Gasteiger partial charge is 0.175 e. The Hall–Kier alpha value is -1.46. The van der Waals surface area contributed by atoms with Gasteiger partial charge in [0.15, 0.2) is 5.82 Å². The first-order valence-electron chi connectivity index (χ1n) is 5.84. The van der Waals surface area contributed by atoms with E-state index < -0.39 is 0 Å². The molecule has 1 aromatic heterocycles. The van der Waals surface area contributed by atoms with Crippen LogP contribution in [0.1, 0.15) is 11.4 Å². The highest BCUT2D eigenvalue weighted by molar-refractivity contribution is 6.30. The average molecular weight is 266 g/mol. The molecule has 0 aliphatic rings. The van der Waals surface area contributed by atoms with Crippen LogP contribution in [0.15, 0.2) is 24.3 Å². The van der Waals surface area contributed by atoms with Crippen LogP contribution in [-0.2, 0) is 19.9 Å². The van der Waals surface area contributed by atoms with Gasteiger partial charge in [0.25, 0.3) is 0 Å². The molecule has 0 fully saturated rings. The molecule has 0 aliphatic carbocycles. The van der Waals surface area contributed by atoms with E-state index in [1.165, 1.54) is 10.4 Å². The number of benzene rings is 1. The quantitative estimate of drug-likeness (QED) is 0.883. The fourth-order valence-corrected chi connectivity index (χ4v) is 2.11. The predicted octanol–water partition coefficient (Wildman–Crippen LogP) is 1.22. The Morgan fingerprint density at radius 2 is 2.22 bits per heavy atom. The summed E-state index contributed by atoms with van der Waals surface area (Å²) >= 11 is 5.97. The maximum absolute atomic E-state index is 5.97. The first-order chi connectivity index (χ1) is 8.67. The fourth-order valence-electron chi connectivity index (χ4n) is 1.90. The van der Waals surface area contributed by atoms with Crippen LogP contribution in [0, 0.1) is 5.92 Å². The lowest BCUT2D eigenvalue weighted by Gasteiger charge is -2.12. The molecule has 0 saturated carbocycles. The molecule has 6 heteroatoms. The van der Waals surface area contributed by atoms with E-state index >= 15 is 0 Å². The zero-order valence-electron chi connectivity index (χ0n) is 10.3. The first kappa shape index (κ1) is 13.0. The fraction of sp³-hybridized carbons (Fsp3) is 0.417. The summed E-state index contributed by atoms with van der Waals surface area (Å²) in [7, 11) is 1.75. The standard InChI is InChI=1S/C12H16ClN5/c1-18-16-12(15-17-18)7-10(8-14)5-9-3-2-4-11(13)6-9/h2-4,6,10H,5,7-8,14H2,1H3. The van der Waals surface area contributed by atoms with Gasteiger partial charge in [-0.15, -0.1) is 10.2 Å². The molecule has 18 heavy (non-hydrogen) atoms. The lowest BCUT2D eigenvalue weighted by molar-refractivity contribution is 0.516. The van der Waals surface area contributed by atoms with Crippen LogP contribution in [0.4, 0.5) is 0 Å². The van der Waals surface area contributed by atoms with Crippen molar-refractivity contribution >= 4 is 11.6 Å². The Morgan fingerprint density at radius 1 is 1.39 bits per heavy atom. The van der Waals surface area contributed by atoms with Crippen LogP contribution in [0.5, 0.6) is 0 Å². The van der Waals surface area contributed by atoms with Crippen molar-refractivity contribution in [1.29, 1.82) is 0 Å². The van der Waals surface area contributed by atoms with Crippen molar-refractivity contribution in [1.82, 2.24) is 20.2 Å². The molecular formula is C12H16ClN5. The number of hydrogen-bond acceptors (Lipinski definition) is 4. The summed E-state index contributed by atoms with van der Waals surface area (Å²) < 4.78 is 0. The third-order valence-electron chi connectivity index (χ3n) is 2.77. The Bertz CT molecular complexity index is 511. The number of hydrogen-bond donors (Lipinski definition) is 1. The van der Waals surface area contributed by atoms with Gasteiger partial charge in [-0.05, 0) is 41.8 Å². The number of nitrogens with zero attached hydrogens (tertiary/aromatic N) is 4. The number of aryl methyl sites for hydroxylation is 1. The molecule has 0 radical (unpaired) electrons. The number of halogens is 1. The van der Waals surface area contributed by atoms with Crippen LogP contribution >= 0.6 is 11.6 Å². The minimum Gasteiger partial charge on any atom is -0.330 e. The molecule has 0 aliphatic heterocycles. The van der Waals surface area contributed by atoms with Gasteiger partial charge in [-0.25, -0.2) is 0 Å². The van der Waals surface area contributed by atoms with Crippen LogP contribution < -0.4 is 5.73 Å². The van der Waals surface area contributed by atoms with E-state index in [2.05, 4.69) is 21.5 Å². The second-order valence-corrected chi connectivity index (χ2v) is 4.77. The van der Waals surface area contributed by atoms with Crippen molar-refractivity contribution in [3.05, 3.63) is 40.7 Å². The Kier molecular flexibility index (Phi) is 4.28. The lowest BCUT2D eigenvalue weighted by Crippen LogP contribution is -2.20. The maximum Gasteiger partial charge on any atom is 0.175 e.